The summed E-state index contributed by atoms with van der Waals surface area (Å²) in [6.07, 6.45) is 4.23. The van der Waals surface area contributed by atoms with Gasteiger partial charge in [-0.25, -0.2) is 8.42 Å². The molecule has 0 atom stereocenters. The number of halogens is 1. The van der Waals surface area contributed by atoms with E-state index in [0.29, 0.717) is 23.7 Å². The van der Waals surface area contributed by atoms with E-state index < -0.39 is 10.0 Å². The number of sulfonamides is 1. The normalized spacial score (nSPS) is 16.2. The smallest absolute Gasteiger partial charge is 0.243 e. The van der Waals surface area contributed by atoms with Crippen molar-refractivity contribution >= 4 is 28.5 Å². The minimum absolute atomic E-state index is 0. The van der Waals surface area contributed by atoms with Crippen LogP contribution in [-0.2, 0) is 10.0 Å². The van der Waals surface area contributed by atoms with Crippen LogP contribution >= 0.6 is 12.4 Å². The third-order valence-corrected chi connectivity index (χ3v) is 6.41. The zero-order valence-electron chi connectivity index (χ0n) is 15.3. The maximum absolute atomic E-state index is 12.7. The van der Waals surface area contributed by atoms with E-state index in [1.54, 1.807) is 35.7 Å². The molecule has 0 aliphatic carbocycles. The highest BCUT2D eigenvalue weighted by atomic mass is 35.5. The lowest BCUT2D eigenvalue weighted by atomic mass is 10.2. The number of hydrogen-bond donors (Lipinski definition) is 0. The predicted molar refractivity (Wildman–Crippen MR) is 111 cm³/mol. The Hall–Kier alpha value is -1.86. The first-order chi connectivity index (χ1) is 12.6. The van der Waals surface area contributed by atoms with Crippen LogP contribution in [0.4, 0.5) is 0 Å². The van der Waals surface area contributed by atoms with Crippen molar-refractivity contribution in [3.05, 3.63) is 66.2 Å². The number of nitrogens with zero attached hydrogens (tertiary/aromatic N) is 2. The molecule has 0 radical (unpaired) electrons. The third kappa shape index (κ3) is 5.56. The van der Waals surface area contributed by atoms with Crippen LogP contribution in [0.3, 0.4) is 0 Å². The fourth-order valence-corrected chi connectivity index (χ4v) is 4.37. The summed E-state index contributed by atoms with van der Waals surface area (Å²) >= 11 is 0. The van der Waals surface area contributed by atoms with Crippen molar-refractivity contribution in [2.75, 3.05) is 39.8 Å². The van der Waals surface area contributed by atoms with Crippen LogP contribution in [0, 0.1) is 0 Å². The Labute approximate surface area is 167 Å². The summed E-state index contributed by atoms with van der Waals surface area (Å²) in [5.41, 5.74) is 1.17. The topological polar surface area (TPSA) is 49.9 Å². The van der Waals surface area contributed by atoms with Crippen LogP contribution in [0.2, 0.25) is 0 Å². The Morgan fingerprint density at radius 2 is 1.59 bits per heavy atom. The van der Waals surface area contributed by atoms with Crippen molar-refractivity contribution in [3.8, 4) is 5.75 Å². The Morgan fingerprint density at radius 3 is 2.19 bits per heavy atom. The van der Waals surface area contributed by atoms with E-state index >= 15 is 0 Å². The standard InChI is InChI=1S/C20H24N2O3S.ClH/c1-25-19-9-11-20(12-10-19)26(23,24)22-16-14-21(15-17-22)13-5-8-18-6-3-2-4-7-18;/h2-12H,13-17H2,1H3;1H. The zero-order valence-corrected chi connectivity index (χ0v) is 17.0. The second kappa shape index (κ2) is 9.90. The maximum atomic E-state index is 12.7. The van der Waals surface area contributed by atoms with E-state index in [1.165, 1.54) is 5.56 Å². The molecule has 1 fully saturated rings. The fourth-order valence-electron chi connectivity index (χ4n) is 2.95. The summed E-state index contributed by atoms with van der Waals surface area (Å²) in [7, 11) is -1.88. The monoisotopic (exact) mass is 408 g/mol. The van der Waals surface area contributed by atoms with Crippen LogP contribution in [0.15, 0.2) is 65.6 Å². The highest BCUT2D eigenvalue weighted by molar-refractivity contribution is 7.89. The SMILES string of the molecule is COc1ccc(S(=O)(=O)N2CCN(CC=Cc3ccccc3)CC2)cc1.Cl. The Kier molecular flexibility index (Phi) is 7.86. The van der Waals surface area contributed by atoms with E-state index in [-0.39, 0.29) is 12.4 Å². The summed E-state index contributed by atoms with van der Waals surface area (Å²) < 4.78 is 32.1. The first kappa shape index (κ1) is 21.4. The average molecular weight is 409 g/mol. The number of piperazine rings is 1. The molecule has 0 N–H and O–H groups in total. The van der Waals surface area contributed by atoms with Crippen LogP contribution in [-0.4, -0.2) is 57.5 Å². The van der Waals surface area contributed by atoms with Gasteiger partial charge in [-0.05, 0) is 29.8 Å². The molecule has 2 aromatic carbocycles. The van der Waals surface area contributed by atoms with Gasteiger partial charge in [-0.3, -0.25) is 4.90 Å². The summed E-state index contributed by atoms with van der Waals surface area (Å²) in [5.74, 6) is 0.652. The van der Waals surface area contributed by atoms with Gasteiger partial charge in [0.25, 0.3) is 0 Å². The maximum Gasteiger partial charge on any atom is 0.243 e. The molecule has 0 bridgehead atoms. The fraction of sp³-hybridized carbons (Fsp3) is 0.300. The van der Waals surface area contributed by atoms with Gasteiger partial charge in [0.2, 0.25) is 10.0 Å². The molecule has 0 amide bonds. The van der Waals surface area contributed by atoms with Gasteiger partial charge < -0.3 is 4.74 Å². The van der Waals surface area contributed by atoms with E-state index in [0.717, 1.165) is 19.6 Å². The van der Waals surface area contributed by atoms with Gasteiger partial charge in [0, 0.05) is 32.7 Å². The molecule has 1 aliphatic rings. The average Bonchev–Trinajstić information content (AvgIpc) is 2.69. The Bertz CT molecular complexity index is 831. The molecule has 1 aliphatic heterocycles. The lowest BCUT2D eigenvalue weighted by molar-refractivity contribution is 0.204. The highest BCUT2D eigenvalue weighted by Gasteiger charge is 2.28. The Morgan fingerprint density at radius 1 is 0.963 bits per heavy atom. The quantitative estimate of drug-likeness (QED) is 0.736. The van der Waals surface area contributed by atoms with Gasteiger partial charge in [-0.15, -0.1) is 12.4 Å². The lowest BCUT2D eigenvalue weighted by Gasteiger charge is -2.33. The van der Waals surface area contributed by atoms with Crippen LogP contribution in [0.1, 0.15) is 5.56 Å². The summed E-state index contributed by atoms with van der Waals surface area (Å²) in [6, 6.07) is 16.7. The number of benzene rings is 2. The Balaban J connectivity index is 0.00000261. The van der Waals surface area contributed by atoms with E-state index in [4.69, 9.17) is 4.74 Å². The molecule has 1 saturated heterocycles. The van der Waals surface area contributed by atoms with Gasteiger partial charge in [-0.2, -0.15) is 4.31 Å². The van der Waals surface area contributed by atoms with E-state index in [9.17, 15) is 8.42 Å². The zero-order chi connectivity index (χ0) is 18.4. The molecule has 146 valence electrons. The second-order valence-electron chi connectivity index (χ2n) is 6.19. The molecule has 7 heteroatoms. The third-order valence-electron chi connectivity index (χ3n) is 4.50. The summed E-state index contributed by atoms with van der Waals surface area (Å²) in [6.45, 7) is 3.30. The van der Waals surface area contributed by atoms with Crippen LogP contribution in [0.25, 0.3) is 6.08 Å². The van der Waals surface area contributed by atoms with Gasteiger partial charge in [0.1, 0.15) is 5.75 Å². The predicted octanol–water partition coefficient (Wildman–Crippen LogP) is 3.14. The van der Waals surface area contributed by atoms with Crippen molar-refractivity contribution in [1.29, 1.82) is 0 Å². The first-order valence-electron chi connectivity index (χ1n) is 8.68. The van der Waals surface area contributed by atoms with Gasteiger partial charge in [0.05, 0.1) is 12.0 Å². The van der Waals surface area contributed by atoms with Gasteiger partial charge in [-0.1, -0.05) is 42.5 Å². The molecule has 5 nitrogen and oxygen atoms in total. The van der Waals surface area contributed by atoms with Crippen molar-refractivity contribution in [2.24, 2.45) is 0 Å². The number of ether oxygens (including phenoxy) is 1. The van der Waals surface area contributed by atoms with Crippen LogP contribution < -0.4 is 4.74 Å². The molecule has 2 aromatic rings. The molecule has 0 aromatic heterocycles. The van der Waals surface area contributed by atoms with Crippen molar-refractivity contribution in [2.45, 2.75) is 4.90 Å². The minimum atomic E-state index is -3.44. The minimum Gasteiger partial charge on any atom is -0.497 e. The highest BCUT2D eigenvalue weighted by Crippen LogP contribution is 2.20. The summed E-state index contributed by atoms with van der Waals surface area (Å²) in [5, 5.41) is 0. The van der Waals surface area contributed by atoms with Crippen molar-refractivity contribution in [1.82, 2.24) is 9.21 Å². The van der Waals surface area contributed by atoms with Crippen molar-refractivity contribution < 1.29 is 13.2 Å². The van der Waals surface area contributed by atoms with Gasteiger partial charge in [0.15, 0.2) is 0 Å². The molecule has 0 unspecified atom stereocenters. The number of rotatable bonds is 6. The van der Waals surface area contributed by atoms with E-state index in [1.807, 2.05) is 18.2 Å². The largest absolute Gasteiger partial charge is 0.497 e. The second-order valence-corrected chi connectivity index (χ2v) is 8.13. The van der Waals surface area contributed by atoms with Gasteiger partial charge >= 0.3 is 0 Å². The molecule has 27 heavy (non-hydrogen) atoms. The number of hydrogen-bond acceptors (Lipinski definition) is 4. The summed E-state index contributed by atoms with van der Waals surface area (Å²) in [4.78, 5) is 2.58. The first-order valence-corrected chi connectivity index (χ1v) is 10.1. The molecular weight excluding hydrogens is 384 g/mol. The lowest BCUT2D eigenvalue weighted by Crippen LogP contribution is -2.48. The molecule has 0 saturated carbocycles. The molecule has 0 spiro atoms. The van der Waals surface area contributed by atoms with Crippen molar-refractivity contribution in [3.63, 3.8) is 0 Å². The molecule has 3 rings (SSSR count). The van der Waals surface area contributed by atoms with E-state index in [2.05, 4.69) is 29.2 Å². The molecular formula is C20H25ClN2O3S. The number of methoxy groups -OCH3 is 1. The molecule has 1 heterocycles. The van der Waals surface area contributed by atoms with Crippen LogP contribution in [0.5, 0.6) is 5.75 Å².